The summed E-state index contributed by atoms with van der Waals surface area (Å²) >= 11 is 0. The van der Waals surface area contributed by atoms with Gasteiger partial charge >= 0.3 is 0 Å². The highest BCUT2D eigenvalue weighted by atomic mass is 16.5. The third-order valence-corrected chi connectivity index (χ3v) is 3.60. The summed E-state index contributed by atoms with van der Waals surface area (Å²) < 4.78 is 5.94. The van der Waals surface area contributed by atoms with Crippen LogP contribution in [0, 0.1) is 0 Å². The zero-order chi connectivity index (χ0) is 13.7. The van der Waals surface area contributed by atoms with Crippen LogP contribution in [-0.4, -0.2) is 23.9 Å². The molecule has 0 radical (unpaired) electrons. The maximum Gasteiger partial charge on any atom is 0.119 e. The molecular weight excluding hydrogens is 238 g/mol. The SMILES string of the molecule is CC(C)NC(CO)c1ccc(OC2CCCC2)cc1. The van der Waals surface area contributed by atoms with Crippen LogP contribution in [0.25, 0.3) is 0 Å². The molecule has 1 aromatic rings. The average molecular weight is 263 g/mol. The van der Waals surface area contributed by atoms with Crippen molar-refractivity contribution in [3.05, 3.63) is 29.8 Å². The summed E-state index contributed by atoms with van der Waals surface area (Å²) in [6.45, 7) is 4.28. The zero-order valence-electron chi connectivity index (χ0n) is 11.9. The molecule has 1 aliphatic rings. The van der Waals surface area contributed by atoms with E-state index in [4.69, 9.17) is 4.74 Å². The largest absolute Gasteiger partial charge is 0.490 e. The normalized spacial score (nSPS) is 17.9. The molecule has 0 spiro atoms. The third kappa shape index (κ3) is 4.22. The summed E-state index contributed by atoms with van der Waals surface area (Å²) in [5.41, 5.74) is 1.11. The summed E-state index contributed by atoms with van der Waals surface area (Å²) in [6.07, 6.45) is 5.32. The summed E-state index contributed by atoms with van der Waals surface area (Å²) in [4.78, 5) is 0. The summed E-state index contributed by atoms with van der Waals surface area (Å²) in [7, 11) is 0. The standard InChI is InChI=1S/C16H25NO2/c1-12(2)17-16(11-18)13-7-9-15(10-8-13)19-14-5-3-4-6-14/h7-10,12,14,16-18H,3-6,11H2,1-2H3. The highest BCUT2D eigenvalue weighted by Crippen LogP contribution is 2.25. The van der Waals surface area contributed by atoms with E-state index in [0.29, 0.717) is 12.1 Å². The molecule has 0 aliphatic heterocycles. The molecule has 3 nitrogen and oxygen atoms in total. The van der Waals surface area contributed by atoms with Gasteiger partial charge in [-0.25, -0.2) is 0 Å². The average Bonchev–Trinajstić information content (AvgIpc) is 2.90. The van der Waals surface area contributed by atoms with Crippen LogP contribution in [0.3, 0.4) is 0 Å². The fourth-order valence-electron chi connectivity index (χ4n) is 2.63. The first-order valence-corrected chi connectivity index (χ1v) is 7.32. The Morgan fingerprint density at radius 1 is 1.21 bits per heavy atom. The number of aliphatic hydroxyl groups excluding tert-OH is 1. The van der Waals surface area contributed by atoms with Gasteiger partial charge in [-0.1, -0.05) is 26.0 Å². The minimum atomic E-state index is 0.000491. The molecule has 106 valence electrons. The number of ether oxygens (including phenoxy) is 1. The van der Waals surface area contributed by atoms with E-state index in [1.807, 2.05) is 24.3 Å². The molecule has 2 rings (SSSR count). The van der Waals surface area contributed by atoms with Crippen molar-refractivity contribution in [2.24, 2.45) is 0 Å². The van der Waals surface area contributed by atoms with Crippen LogP contribution in [0.4, 0.5) is 0 Å². The number of hydrogen-bond acceptors (Lipinski definition) is 3. The van der Waals surface area contributed by atoms with Crippen molar-refractivity contribution in [2.45, 2.75) is 57.7 Å². The van der Waals surface area contributed by atoms with Crippen LogP contribution in [0.5, 0.6) is 5.75 Å². The van der Waals surface area contributed by atoms with Gasteiger partial charge in [0, 0.05) is 6.04 Å². The van der Waals surface area contributed by atoms with Crippen molar-refractivity contribution < 1.29 is 9.84 Å². The number of hydrogen-bond donors (Lipinski definition) is 2. The molecule has 0 heterocycles. The summed E-state index contributed by atoms with van der Waals surface area (Å²) in [6, 6.07) is 8.46. The maximum atomic E-state index is 9.43. The Morgan fingerprint density at radius 2 is 1.84 bits per heavy atom. The Balaban J connectivity index is 1.96. The lowest BCUT2D eigenvalue weighted by Crippen LogP contribution is -2.30. The van der Waals surface area contributed by atoms with E-state index < -0.39 is 0 Å². The van der Waals surface area contributed by atoms with Crippen molar-refractivity contribution in [1.82, 2.24) is 5.32 Å². The van der Waals surface area contributed by atoms with E-state index >= 15 is 0 Å². The number of benzene rings is 1. The fraction of sp³-hybridized carbons (Fsp3) is 0.625. The molecule has 1 atom stereocenters. The Labute approximate surface area is 116 Å². The van der Waals surface area contributed by atoms with Gasteiger partial charge in [-0.15, -0.1) is 0 Å². The first-order chi connectivity index (χ1) is 9.19. The van der Waals surface area contributed by atoms with Gasteiger partial charge in [0.05, 0.1) is 18.8 Å². The molecule has 1 aliphatic carbocycles. The van der Waals surface area contributed by atoms with Crippen LogP contribution in [0.2, 0.25) is 0 Å². The quantitative estimate of drug-likeness (QED) is 0.829. The van der Waals surface area contributed by atoms with E-state index in [-0.39, 0.29) is 12.6 Å². The molecular formula is C16H25NO2. The lowest BCUT2D eigenvalue weighted by molar-refractivity contribution is 0.209. The van der Waals surface area contributed by atoms with E-state index in [9.17, 15) is 5.11 Å². The molecule has 0 saturated heterocycles. The van der Waals surface area contributed by atoms with E-state index in [0.717, 1.165) is 11.3 Å². The summed E-state index contributed by atoms with van der Waals surface area (Å²) in [5.74, 6) is 0.942. The second kappa shape index (κ2) is 6.92. The molecule has 1 unspecified atom stereocenters. The van der Waals surface area contributed by atoms with Gasteiger partial charge in [0.2, 0.25) is 0 Å². The Bertz CT molecular complexity index is 369. The smallest absolute Gasteiger partial charge is 0.119 e. The topological polar surface area (TPSA) is 41.5 Å². The molecule has 1 aromatic carbocycles. The van der Waals surface area contributed by atoms with Crippen molar-refractivity contribution in [3.8, 4) is 5.75 Å². The first-order valence-electron chi connectivity index (χ1n) is 7.32. The molecule has 1 fully saturated rings. The molecule has 3 heteroatoms. The van der Waals surface area contributed by atoms with Crippen LogP contribution in [-0.2, 0) is 0 Å². The van der Waals surface area contributed by atoms with Crippen LogP contribution < -0.4 is 10.1 Å². The summed E-state index contributed by atoms with van der Waals surface area (Å²) in [5, 5.41) is 12.8. The fourth-order valence-corrected chi connectivity index (χ4v) is 2.63. The Morgan fingerprint density at radius 3 is 2.37 bits per heavy atom. The van der Waals surface area contributed by atoms with Crippen molar-refractivity contribution in [2.75, 3.05) is 6.61 Å². The zero-order valence-corrected chi connectivity index (χ0v) is 11.9. The number of nitrogens with one attached hydrogen (secondary N) is 1. The Hall–Kier alpha value is -1.06. The Kier molecular flexibility index (Phi) is 5.23. The van der Waals surface area contributed by atoms with Crippen LogP contribution in [0.15, 0.2) is 24.3 Å². The molecule has 2 N–H and O–H groups in total. The monoisotopic (exact) mass is 263 g/mol. The number of aliphatic hydroxyl groups is 1. The predicted octanol–water partition coefficient (Wildman–Crippen LogP) is 3.04. The second-order valence-electron chi connectivity index (χ2n) is 5.65. The highest BCUT2D eigenvalue weighted by Gasteiger charge is 2.17. The van der Waals surface area contributed by atoms with Crippen molar-refractivity contribution in [3.63, 3.8) is 0 Å². The first kappa shape index (κ1) is 14.4. The second-order valence-corrected chi connectivity index (χ2v) is 5.65. The predicted molar refractivity (Wildman–Crippen MR) is 77.4 cm³/mol. The van der Waals surface area contributed by atoms with Gasteiger partial charge in [0.15, 0.2) is 0 Å². The van der Waals surface area contributed by atoms with Gasteiger partial charge in [-0.2, -0.15) is 0 Å². The van der Waals surface area contributed by atoms with Gasteiger partial charge < -0.3 is 15.2 Å². The lowest BCUT2D eigenvalue weighted by atomic mass is 10.1. The van der Waals surface area contributed by atoms with E-state index in [2.05, 4.69) is 19.2 Å². The van der Waals surface area contributed by atoms with Gasteiger partial charge in [-0.3, -0.25) is 0 Å². The molecule has 19 heavy (non-hydrogen) atoms. The highest BCUT2D eigenvalue weighted by molar-refractivity contribution is 5.29. The third-order valence-electron chi connectivity index (χ3n) is 3.60. The number of rotatable bonds is 6. The minimum Gasteiger partial charge on any atom is -0.490 e. The van der Waals surface area contributed by atoms with Crippen LogP contribution in [0.1, 0.15) is 51.1 Å². The van der Waals surface area contributed by atoms with Crippen molar-refractivity contribution in [1.29, 1.82) is 0 Å². The molecule has 0 aromatic heterocycles. The van der Waals surface area contributed by atoms with E-state index in [1.54, 1.807) is 0 Å². The van der Waals surface area contributed by atoms with Gasteiger partial charge in [0.25, 0.3) is 0 Å². The molecule has 0 amide bonds. The molecule has 1 saturated carbocycles. The van der Waals surface area contributed by atoms with Gasteiger partial charge in [0.1, 0.15) is 5.75 Å². The minimum absolute atomic E-state index is 0.000491. The maximum absolute atomic E-state index is 9.43. The van der Waals surface area contributed by atoms with Gasteiger partial charge in [-0.05, 0) is 43.4 Å². The lowest BCUT2D eigenvalue weighted by Gasteiger charge is -2.20. The van der Waals surface area contributed by atoms with Crippen LogP contribution >= 0.6 is 0 Å². The van der Waals surface area contributed by atoms with E-state index in [1.165, 1.54) is 25.7 Å². The van der Waals surface area contributed by atoms with Crippen molar-refractivity contribution >= 4 is 0 Å². The molecule has 0 bridgehead atoms.